The minimum absolute atomic E-state index is 0.116. The van der Waals surface area contributed by atoms with E-state index in [1.165, 1.54) is 17.7 Å². The average Bonchev–Trinajstić information content (AvgIpc) is 2.94. The summed E-state index contributed by atoms with van der Waals surface area (Å²) in [6, 6.07) is 14.4. The van der Waals surface area contributed by atoms with Crippen molar-refractivity contribution in [3.63, 3.8) is 0 Å². The van der Waals surface area contributed by atoms with Crippen molar-refractivity contribution in [3.8, 4) is 17.1 Å². The molecule has 0 saturated heterocycles. The zero-order valence-corrected chi connectivity index (χ0v) is 15.6. The van der Waals surface area contributed by atoms with Crippen molar-refractivity contribution < 1.29 is 13.5 Å². The van der Waals surface area contributed by atoms with Crippen LogP contribution in [0.1, 0.15) is 5.56 Å². The number of nitrogens with zero attached hydrogens (tertiary/aromatic N) is 3. The number of ether oxygens (including phenoxy) is 1. The highest BCUT2D eigenvalue weighted by Crippen LogP contribution is 2.27. The average molecular weight is 426 g/mol. The maximum Gasteiger partial charge on any atom is 0.387 e. The summed E-state index contributed by atoms with van der Waals surface area (Å²) in [5.74, 6) is 1.55. The van der Waals surface area contributed by atoms with Crippen LogP contribution in [0.3, 0.4) is 0 Å². The van der Waals surface area contributed by atoms with E-state index in [-0.39, 0.29) is 5.75 Å². The van der Waals surface area contributed by atoms with E-state index in [1.54, 1.807) is 23.9 Å². The lowest BCUT2D eigenvalue weighted by atomic mass is 10.2. The molecule has 130 valence electrons. The molecule has 0 radical (unpaired) electrons. The third-order valence-electron chi connectivity index (χ3n) is 3.43. The Balaban J connectivity index is 1.72. The van der Waals surface area contributed by atoms with Gasteiger partial charge in [0.05, 0.1) is 0 Å². The molecule has 0 N–H and O–H groups in total. The van der Waals surface area contributed by atoms with Gasteiger partial charge in [0, 0.05) is 22.8 Å². The Morgan fingerprint density at radius 3 is 2.60 bits per heavy atom. The SMILES string of the molecule is Cn1c(SCc2cccc(Br)c2)nnc1-c1ccc(OC(F)F)cc1. The molecule has 0 saturated carbocycles. The molecule has 4 nitrogen and oxygen atoms in total. The van der Waals surface area contributed by atoms with Crippen LogP contribution in [0.4, 0.5) is 8.78 Å². The maximum absolute atomic E-state index is 12.2. The maximum atomic E-state index is 12.2. The van der Waals surface area contributed by atoms with Crippen molar-refractivity contribution in [1.29, 1.82) is 0 Å². The number of benzene rings is 2. The van der Waals surface area contributed by atoms with Gasteiger partial charge in [0.15, 0.2) is 11.0 Å². The van der Waals surface area contributed by atoms with Gasteiger partial charge in [-0.05, 0) is 42.0 Å². The van der Waals surface area contributed by atoms with Crippen molar-refractivity contribution >= 4 is 27.7 Å². The van der Waals surface area contributed by atoms with Gasteiger partial charge in [0.2, 0.25) is 0 Å². The summed E-state index contributed by atoms with van der Waals surface area (Å²) in [5.41, 5.74) is 1.96. The van der Waals surface area contributed by atoms with Gasteiger partial charge in [-0.1, -0.05) is 39.8 Å². The lowest BCUT2D eigenvalue weighted by molar-refractivity contribution is -0.0498. The molecule has 0 atom stereocenters. The topological polar surface area (TPSA) is 39.9 Å². The van der Waals surface area contributed by atoms with Crippen LogP contribution in [-0.4, -0.2) is 21.4 Å². The Bertz CT molecular complexity index is 855. The van der Waals surface area contributed by atoms with Crippen LogP contribution in [-0.2, 0) is 12.8 Å². The van der Waals surface area contributed by atoms with Gasteiger partial charge in [0.25, 0.3) is 0 Å². The summed E-state index contributed by atoms with van der Waals surface area (Å²) < 4.78 is 31.7. The molecule has 1 heterocycles. The van der Waals surface area contributed by atoms with E-state index in [0.717, 1.165) is 20.9 Å². The first-order chi connectivity index (χ1) is 12.0. The molecule has 2 aromatic carbocycles. The Morgan fingerprint density at radius 2 is 1.92 bits per heavy atom. The van der Waals surface area contributed by atoms with Gasteiger partial charge in [-0.25, -0.2) is 0 Å². The van der Waals surface area contributed by atoms with Crippen LogP contribution < -0.4 is 4.74 Å². The third-order valence-corrected chi connectivity index (χ3v) is 5.01. The van der Waals surface area contributed by atoms with Gasteiger partial charge >= 0.3 is 6.61 Å². The van der Waals surface area contributed by atoms with Crippen molar-refractivity contribution in [2.75, 3.05) is 0 Å². The van der Waals surface area contributed by atoms with Crippen LogP contribution >= 0.6 is 27.7 Å². The number of thioether (sulfide) groups is 1. The molecule has 3 rings (SSSR count). The molecule has 3 aromatic rings. The molecular formula is C17H14BrF2N3OS. The van der Waals surface area contributed by atoms with E-state index in [0.29, 0.717) is 5.82 Å². The van der Waals surface area contributed by atoms with Gasteiger partial charge in [-0.15, -0.1) is 10.2 Å². The van der Waals surface area contributed by atoms with Gasteiger partial charge in [-0.2, -0.15) is 8.78 Å². The zero-order chi connectivity index (χ0) is 17.8. The fourth-order valence-electron chi connectivity index (χ4n) is 2.25. The number of alkyl halides is 2. The Kier molecular flexibility index (Phi) is 5.70. The number of aromatic nitrogens is 3. The van der Waals surface area contributed by atoms with E-state index in [2.05, 4.69) is 43.0 Å². The third kappa shape index (κ3) is 4.58. The fourth-order valence-corrected chi connectivity index (χ4v) is 3.55. The second-order valence-corrected chi connectivity index (χ2v) is 7.04. The fraction of sp³-hybridized carbons (Fsp3) is 0.176. The molecule has 0 aliphatic carbocycles. The second kappa shape index (κ2) is 7.97. The lowest BCUT2D eigenvalue weighted by Gasteiger charge is -2.06. The number of rotatable bonds is 6. The van der Waals surface area contributed by atoms with Crippen molar-refractivity contribution in [2.24, 2.45) is 7.05 Å². The highest BCUT2D eigenvalue weighted by Gasteiger charge is 2.12. The van der Waals surface area contributed by atoms with Gasteiger partial charge < -0.3 is 9.30 Å². The Morgan fingerprint density at radius 1 is 1.16 bits per heavy atom. The molecule has 0 amide bonds. The van der Waals surface area contributed by atoms with E-state index in [1.807, 2.05) is 23.7 Å². The molecule has 0 spiro atoms. The molecule has 1 aromatic heterocycles. The molecule has 0 aliphatic heterocycles. The molecule has 0 fully saturated rings. The van der Waals surface area contributed by atoms with E-state index in [4.69, 9.17) is 0 Å². The summed E-state index contributed by atoms with van der Waals surface area (Å²) in [5, 5.41) is 9.19. The van der Waals surface area contributed by atoms with Crippen LogP contribution in [0.5, 0.6) is 5.75 Å². The van der Waals surface area contributed by atoms with E-state index in [9.17, 15) is 8.78 Å². The normalized spacial score (nSPS) is 11.1. The summed E-state index contributed by atoms with van der Waals surface area (Å²) in [7, 11) is 1.88. The summed E-state index contributed by atoms with van der Waals surface area (Å²) in [6.07, 6.45) is 0. The molecule has 25 heavy (non-hydrogen) atoms. The molecule has 0 unspecified atom stereocenters. The van der Waals surface area contributed by atoms with Gasteiger partial charge in [-0.3, -0.25) is 0 Å². The quantitative estimate of drug-likeness (QED) is 0.512. The van der Waals surface area contributed by atoms with E-state index < -0.39 is 6.61 Å². The first kappa shape index (κ1) is 17.9. The van der Waals surface area contributed by atoms with E-state index >= 15 is 0 Å². The Hall–Kier alpha value is -1.93. The number of hydrogen-bond acceptors (Lipinski definition) is 4. The number of hydrogen-bond donors (Lipinski definition) is 0. The highest BCUT2D eigenvalue weighted by molar-refractivity contribution is 9.10. The summed E-state index contributed by atoms with van der Waals surface area (Å²) >= 11 is 5.04. The summed E-state index contributed by atoms with van der Waals surface area (Å²) in [4.78, 5) is 0. The predicted octanol–water partition coefficient (Wildman–Crippen LogP) is 5.14. The standard InChI is InChI=1S/C17H14BrF2N3OS/c1-23-15(12-5-7-14(8-6-12)24-16(19)20)21-22-17(23)25-10-11-3-2-4-13(18)9-11/h2-9,16H,10H2,1H3. The van der Waals surface area contributed by atoms with Crippen molar-refractivity contribution in [2.45, 2.75) is 17.5 Å². The van der Waals surface area contributed by atoms with Crippen LogP contribution in [0, 0.1) is 0 Å². The summed E-state index contributed by atoms with van der Waals surface area (Å²) in [6.45, 7) is -2.83. The second-order valence-electron chi connectivity index (χ2n) is 5.19. The van der Waals surface area contributed by atoms with Crippen LogP contribution in [0.15, 0.2) is 58.2 Å². The highest BCUT2D eigenvalue weighted by atomic mass is 79.9. The smallest absolute Gasteiger partial charge is 0.387 e. The predicted molar refractivity (Wildman–Crippen MR) is 96.8 cm³/mol. The molecular weight excluding hydrogens is 412 g/mol. The first-order valence-corrected chi connectivity index (χ1v) is 9.12. The minimum atomic E-state index is -2.83. The molecule has 8 heteroatoms. The van der Waals surface area contributed by atoms with Crippen molar-refractivity contribution in [3.05, 3.63) is 58.6 Å². The van der Waals surface area contributed by atoms with Crippen LogP contribution in [0.25, 0.3) is 11.4 Å². The monoisotopic (exact) mass is 425 g/mol. The Labute approximate surface area is 156 Å². The zero-order valence-electron chi connectivity index (χ0n) is 13.2. The van der Waals surface area contributed by atoms with Crippen LogP contribution in [0.2, 0.25) is 0 Å². The molecule has 0 aliphatic rings. The van der Waals surface area contributed by atoms with Crippen molar-refractivity contribution in [1.82, 2.24) is 14.8 Å². The van der Waals surface area contributed by atoms with Gasteiger partial charge in [0.1, 0.15) is 5.75 Å². The minimum Gasteiger partial charge on any atom is -0.435 e. The largest absolute Gasteiger partial charge is 0.435 e. The molecule has 0 bridgehead atoms. The lowest BCUT2D eigenvalue weighted by Crippen LogP contribution is -2.01. The first-order valence-electron chi connectivity index (χ1n) is 7.35. The number of halogens is 3.